The predicted molar refractivity (Wildman–Crippen MR) is 148 cm³/mol. The van der Waals surface area contributed by atoms with Gasteiger partial charge in [-0.1, -0.05) is 32.4 Å². The molecule has 0 radical (unpaired) electrons. The van der Waals surface area contributed by atoms with E-state index < -0.39 is 0 Å². The largest absolute Gasteiger partial charge is 0.393 e. The molecule has 3 saturated carbocycles. The summed E-state index contributed by atoms with van der Waals surface area (Å²) in [6.45, 7) is 16.7. The molecule has 204 valence electrons. The Morgan fingerprint density at radius 2 is 1.67 bits per heavy atom. The van der Waals surface area contributed by atoms with E-state index in [1.54, 1.807) is 5.57 Å². The van der Waals surface area contributed by atoms with Gasteiger partial charge in [0.2, 0.25) is 5.91 Å². The molecule has 36 heavy (non-hydrogen) atoms. The number of likely N-dealkylation sites (tertiary alicyclic amines) is 1. The molecule has 0 aromatic rings. The zero-order valence-corrected chi connectivity index (χ0v) is 24.5. The standard InChI is InChI=1S/C33H55NO2/c1-22(9-14-29(36)34-30(2,3)17-8-18-31(34,4)5)26-12-13-27-25-11-10-23-21-24(35)15-19-32(23,6)28(25)16-20-33(26,27)7/h10,22,24-28,35H,8-9,11-21H2,1-7H3/t22-,24+,25+,26-,27?,28?,32+,33-/m1/s1. The lowest BCUT2D eigenvalue weighted by Gasteiger charge is -2.58. The quantitative estimate of drug-likeness (QED) is 0.401. The van der Waals surface area contributed by atoms with Gasteiger partial charge in [0.05, 0.1) is 6.10 Å². The van der Waals surface area contributed by atoms with E-state index in [0.717, 1.165) is 55.8 Å². The zero-order chi connectivity index (χ0) is 26.1. The number of hydrogen-bond acceptors (Lipinski definition) is 2. The molecule has 3 nitrogen and oxygen atoms in total. The highest BCUT2D eigenvalue weighted by Crippen LogP contribution is 2.67. The number of amides is 1. The van der Waals surface area contributed by atoms with Crippen molar-refractivity contribution in [3.8, 4) is 0 Å². The summed E-state index contributed by atoms with van der Waals surface area (Å²) in [5, 5.41) is 10.3. The minimum absolute atomic E-state index is 0.0243. The third-order valence-corrected chi connectivity index (χ3v) is 12.7. The van der Waals surface area contributed by atoms with Crippen molar-refractivity contribution in [3.63, 3.8) is 0 Å². The molecule has 1 saturated heterocycles. The number of aliphatic hydroxyl groups excluding tert-OH is 1. The van der Waals surface area contributed by atoms with Crippen LogP contribution in [0.2, 0.25) is 0 Å². The SMILES string of the molecule is C[C@H](CCC(=O)N1C(C)(C)CCCC1(C)C)[C@H]1CCC2[C@@H]3CC=C4C[C@@H](O)CC[C@]4(C)C3CC[C@@]21C. The van der Waals surface area contributed by atoms with E-state index >= 15 is 0 Å². The van der Waals surface area contributed by atoms with Crippen LogP contribution >= 0.6 is 0 Å². The van der Waals surface area contributed by atoms with Crippen molar-refractivity contribution < 1.29 is 9.90 Å². The molecule has 1 N–H and O–H groups in total. The first-order valence-corrected chi connectivity index (χ1v) is 15.5. The van der Waals surface area contributed by atoms with Crippen LogP contribution in [0.25, 0.3) is 0 Å². The molecule has 5 aliphatic rings. The number of carbonyl (C=O) groups excluding carboxylic acids is 1. The van der Waals surface area contributed by atoms with Crippen molar-refractivity contribution in [3.05, 3.63) is 11.6 Å². The average Bonchev–Trinajstić information content (AvgIpc) is 3.14. The van der Waals surface area contributed by atoms with Gasteiger partial charge < -0.3 is 10.0 Å². The monoisotopic (exact) mass is 497 g/mol. The van der Waals surface area contributed by atoms with Gasteiger partial charge in [0, 0.05) is 17.5 Å². The van der Waals surface area contributed by atoms with Crippen LogP contribution in [-0.2, 0) is 4.79 Å². The molecule has 0 bridgehead atoms. The first-order valence-electron chi connectivity index (χ1n) is 15.5. The van der Waals surface area contributed by atoms with Gasteiger partial charge in [-0.3, -0.25) is 4.79 Å². The number of rotatable bonds is 4. The summed E-state index contributed by atoms with van der Waals surface area (Å²) < 4.78 is 0. The number of aliphatic hydroxyl groups is 1. The van der Waals surface area contributed by atoms with Crippen LogP contribution in [-0.4, -0.2) is 33.1 Å². The summed E-state index contributed by atoms with van der Waals surface area (Å²) in [5.41, 5.74) is 2.29. The van der Waals surface area contributed by atoms with Gasteiger partial charge in [0.25, 0.3) is 0 Å². The Morgan fingerprint density at radius 1 is 0.972 bits per heavy atom. The summed E-state index contributed by atoms with van der Waals surface area (Å²) in [6.07, 6.45) is 17.4. The van der Waals surface area contributed by atoms with E-state index in [0.29, 0.717) is 29.1 Å². The lowest BCUT2D eigenvalue weighted by atomic mass is 9.47. The summed E-state index contributed by atoms with van der Waals surface area (Å²) in [4.78, 5) is 15.9. The van der Waals surface area contributed by atoms with E-state index in [9.17, 15) is 9.90 Å². The van der Waals surface area contributed by atoms with Gasteiger partial charge >= 0.3 is 0 Å². The number of fused-ring (bicyclic) bond motifs is 5. The summed E-state index contributed by atoms with van der Waals surface area (Å²) in [6, 6.07) is 0. The van der Waals surface area contributed by atoms with E-state index in [1.165, 1.54) is 44.9 Å². The molecule has 1 heterocycles. The molecular formula is C33H55NO2. The number of nitrogens with zero attached hydrogens (tertiary/aromatic N) is 1. The van der Waals surface area contributed by atoms with Crippen LogP contribution in [0, 0.1) is 40.4 Å². The molecule has 0 aromatic heterocycles. The van der Waals surface area contributed by atoms with E-state index in [-0.39, 0.29) is 17.2 Å². The molecule has 8 atom stereocenters. The molecule has 4 aliphatic carbocycles. The highest BCUT2D eigenvalue weighted by atomic mass is 16.3. The van der Waals surface area contributed by atoms with E-state index in [2.05, 4.69) is 59.4 Å². The van der Waals surface area contributed by atoms with Crippen LogP contribution in [0.4, 0.5) is 0 Å². The van der Waals surface area contributed by atoms with E-state index in [4.69, 9.17) is 0 Å². The molecule has 4 fully saturated rings. The number of allylic oxidation sites excluding steroid dienone is 1. The zero-order valence-electron chi connectivity index (χ0n) is 24.5. The Hall–Kier alpha value is -0.830. The smallest absolute Gasteiger partial charge is 0.223 e. The average molecular weight is 498 g/mol. The van der Waals surface area contributed by atoms with Crippen molar-refractivity contribution in [2.75, 3.05) is 0 Å². The highest BCUT2D eigenvalue weighted by Gasteiger charge is 2.59. The summed E-state index contributed by atoms with van der Waals surface area (Å²) >= 11 is 0. The molecule has 2 unspecified atom stereocenters. The maximum atomic E-state index is 13.6. The van der Waals surface area contributed by atoms with Crippen LogP contribution < -0.4 is 0 Å². The fourth-order valence-electron chi connectivity index (χ4n) is 11.0. The lowest BCUT2D eigenvalue weighted by molar-refractivity contribution is -0.149. The van der Waals surface area contributed by atoms with Crippen molar-refractivity contribution in [2.24, 2.45) is 40.4 Å². The first kappa shape index (κ1) is 26.8. The molecule has 0 aromatic carbocycles. The Kier molecular flexibility index (Phi) is 6.79. The first-order chi connectivity index (χ1) is 16.8. The molecule has 3 heteroatoms. The maximum absolute atomic E-state index is 13.6. The Morgan fingerprint density at radius 3 is 2.36 bits per heavy atom. The second-order valence-electron chi connectivity index (χ2n) is 15.6. The fourth-order valence-corrected chi connectivity index (χ4v) is 11.0. The molecular weight excluding hydrogens is 442 g/mol. The molecule has 1 aliphatic heterocycles. The van der Waals surface area contributed by atoms with Crippen molar-refractivity contribution in [2.45, 2.75) is 149 Å². The lowest BCUT2D eigenvalue weighted by Crippen LogP contribution is -2.61. The van der Waals surface area contributed by atoms with Gasteiger partial charge in [-0.05, 0) is 145 Å². The molecule has 5 rings (SSSR count). The van der Waals surface area contributed by atoms with Gasteiger partial charge in [-0.15, -0.1) is 0 Å². The maximum Gasteiger partial charge on any atom is 0.223 e. The van der Waals surface area contributed by atoms with Crippen molar-refractivity contribution in [1.29, 1.82) is 0 Å². The minimum Gasteiger partial charge on any atom is -0.393 e. The number of carbonyl (C=O) groups is 1. The van der Waals surface area contributed by atoms with Crippen molar-refractivity contribution >= 4 is 5.91 Å². The Labute approximate surface area is 221 Å². The van der Waals surface area contributed by atoms with Gasteiger partial charge in [0.1, 0.15) is 0 Å². The topological polar surface area (TPSA) is 40.5 Å². The summed E-state index contributed by atoms with van der Waals surface area (Å²) in [5.74, 6) is 4.22. The molecule has 0 spiro atoms. The van der Waals surface area contributed by atoms with Crippen LogP contribution in [0.15, 0.2) is 11.6 Å². The van der Waals surface area contributed by atoms with E-state index in [1.807, 2.05) is 0 Å². The molecule has 1 amide bonds. The van der Waals surface area contributed by atoms with Crippen molar-refractivity contribution in [1.82, 2.24) is 4.90 Å². The van der Waals surface area contributed by atoms with Crippen LogP contribution in [0.5, 0.6) is 0 Å². The third-order valence-electron chi connectivity index (χ3n) is 12.7. The third kappa shape index (κ3) is 4.22. The normalized spacial score (nSPS) is 44.2. The number of piperidine rings is 1. The predicted octanol–water partition coefficient (Wildman–Crippen LogP) is 7.91. The second-order valence-corrected chi connectivity index (χ2v) is 15.6. The van der Waals surface area contributed by atoms with Gasteiger partial charge in [0.15, 0.2) is 0 Å². The van der Waals surface area contributed by atoms with Gasteiger partial charge in [-0.25, -0.2) is 0 Å². The van der Waals surface area contributed by atoms with Crippen LogP contribution in [0.3, 0.4) is 0 Å². The number of hydrogen-bond donors (Lipinski definition) is 1. The Bertz CT molecular complexity index is 872. The summed E-state index contributed by atoms with van der Waals surface area (Å²) in [7, 11) is 0. The van der Waals surface area contributed by atoms with Crippen LogP contribution in [0.1, 0.15) is 132 Å². The fraction of sp³-hybridized carbons (Fsp3) is 0.909. The van der Waals surface area contributed by atoms with Gasteiger partial charge in [-0.2, -0.15) is 0 Å². The highest BCUT2D eigenvalue weighted by molar-refractivity contribution is 5.78. The minimum atomic E-state index is -0.116. The second kappa shape index (κ2) is 9.13. The Balaban J connectivity index is 1.26.